The number of rotatable bonds is 3. The lowest BCUT2D eigenvalue weighted by molar-refractivity contribution is -0.140. The lowest BCUT2D eigenvalue weighted by atomic mass is 9.93. The van der Waals surface area contributed by atoms with Crippen LogP contribution in [0.5, 0.6) is 0 Å². The smallest absolute Gasteiger partial charge is 0.227 e. The summed E-state index contributed by atoms with van der Waals surface area (Å²) in [6.45, 7) is 8.54. The maximum Gasteiger partial charge on any atom is 0.227 e. The van der Waals surface area contributed by atoms with Crippen LogP contribution in [0.2, 0.25) is 0 Å². The molecule has 0 radical (unpaired) electrons. The van der Waals surface area contributed by atoms with Gasteiger partial charge in [0, 0.05) is 42.7 Å². The Hall–Kier alpha value is -0.940. The van der Waals surface area contributed by atoms with Gasteiger partial charge in [-0.25, -0.2) is 4.98 Å². The van der Waals surface area contributed by atoms with Gasteiger partial charge in [-0.1, -0.05) is 20.8 Å². The first-order valence-corrected chi connectivity index (χ1v) is 7.76. The topological polar surface area (TPSA) is 45.2 Å². The molecule has 0 aromatic carbocycles. The fraction of sp³-hybridized carbons (Fsp3) is 0.714. The average molecular weight is 281 g/mol. The lowest BCUT2D eigenvalue weighted by Gasteiger charge is -2.36. The standard InChI is InChI=1S/C14H23N3OS/c1-14(2,3)13(18)17-7-4-11(5-8-17)16-10-12-15-6-9-19-12/h6,9,11,16H,4-5,7-8,10H2,1-3H3. The Morgan fingerprint density at radius 3 is 2.68 bits per heavy atom. The summed E-state index contributed by atoms with van der Waals surface area (Å²) < 4.78 is 0. The second-order valence-corrected chi connectivity index (χ2v) is 7.10. The van der Waals surface area contributed by atoms with E-state index in [2.05, 4.69) is 10.3 Å². The van der Waals surface area contributed by atoms with Gasteiger partial charge in [-0.2, -0.15) is 0 Å². The molecule has 0 aliphatic carbocycles. The van der Waals surface area contributed by atoms with Crippen LogP contribution in [0.25, 0.3) is 0 Å². The molecule has 1 aromatic heterocycles. The van der Waals surface area contributed by atoms with Gasteiger partial charge in [-0.3, -0.25) is 4.79 Å². The molecule has 106 valence electrons. The van der Waals surface area contributed by atoms with E-state index in [1.54, 1.807) is 11.3 Å². The molecule has 0 bridgehead atoms. The van der Waals surface area contributed by atoms with Crippen LogP contribution in [0.1, 0.15) is 38.6 Å². The van der Waals surface area contributed by atoms with Crippen LogP contribution in [-0.4, -0.2) is 34.9 Å². The molecular formula is C14H23N3OS. The zero-order chi connectivity index (χ0) is 13.9. The normalized spacial score (nSPS) is 17.7. The third-order valence-corrected chi connectivity index (χ3v) is 4.23. The van der Waals surface area contributed by atoms with Crippen molar-refractivity contribution in [2.24, 2.45) is 5.41 Å². The van der Waals surface area contributed by atoms with Crippen LogP contribution in [-0.2, 0) is 11.3 Å². The number of piperidine rings is 1. The van der Waals surface area contributed by atoms with Gasteiger partial charge < -0.3 is 10.2 Å². The minimum Gasteiger partial charge on any atom is -0.342 e. The molecule has 0 atom stereocenters. The van der Waals surface area contributed by atoms with E-state index >= 15 is 0 Å². The molecule has 2 rings (SSSR count). The number of hydrogen-bond acceptors (Lipinski definition) is 4. The molecule has 1 N–H and O–H groups in total. The Labute approximate surface area is 119 Å². The highest BCUT2D eigenvalue weighted by atomic mass is 32.1. The van der Waals surface area contributed by atoms with Crippen molar-refractivity contribution in [1.29, 1.82) is 0 Å². The Bertz CT molecular complexity index is 403. The summed E-state index contributed by atoms with van der Waals surface area (Å²) in [5, 5.41) is 6.67. The number of carbonyl (C=O) groups is 1. The van der Waals surface area contributed by atoms with E-state index in [9.17, 15) is 4.79 Å². The molecule has 0 saturated carbocycles. The van der Waals surface area contributed by atoms with Crippen molar-refractivity contribution in [1.82, 2.24) is 15.2 Å². The number of carbonyl (C=O) groups excluding carboxylic acids is 1. The molecule has 1 fully saturated rings. The van der Waals surface area contributed by atoms with Crippen molar-refractivity contribution in [3.63, 3.8) is 0 Å². The van der Waals surface area contributed by atoms with Crippen molar-refractivity contribution in [3.05, 3.63) is 16.6 Å². The SMILES string of the molecule is CC(C)(C)C(=O)N1CCC(NCc2nccs2)CC1. The summed E-state index contributed by atoms with van der Waals surface area (Å²) in [6, 6.07) is 0.507. The molecule has 0 spiro atoms. The zero-order valence-electron chi connectivity index (χ0n) is 12.0. The molecular weight excluding hydrogens is 258 g/mol. The van der Waals surface area contributed by atoms with E-state index in [-0.39, 0.29) is 11.3 Å². The van der Waals surface area contributed by atoms with Crippen molar-refractivity contribution >= 4 is 17.2 Å². The predicted molar refractivity (Wildman–Crippen MR) is 78.0 cm³/mol. The Kier molecular flexibility index (Phi) is 4.58. The molecule has 19 heavy (non-hydrogen) atoms. The molecule has 2 heterocycles. The van der Waals surface area contributed by atoms with Gasteiger partial charge in [0.1, 0.15) is 5.01 Å². The van der Waals surface area contributed by atoms with Crippen molar-refractivity contribution in [3.8, 4) is 0 Å². The summed E-state index contributed by atoms with van der Waals surface area (Å²) in [5.41, 5.74) is -0.263. The van der Waals surface area contributed by atoms with E-state index in [1.165, 1.54) is 0 Å². The zero-order valence-corrected chi connectivity index (χ0v) is 12.8. The quantitative estimate of drug-likeness (QED) is 0.924. The highest BCUT2D eigenvalue weighted by Crippen LogP contribution is 2.21. The Morgan fingerprint density at radius 2 is 2.16 bits per heavy atom. The number of likely N-dealkylation sites (tertiary alicyclic amines) is 1. The van der Waals surface area contributed by atoms with E-state index in [0.717, 1.165) is 37.5 Å². The summed E-state index contributed by atoms with van der Waals surface area (Å²) in [7, 11) is 0. The Balaban J connectivity index is 1.75. The summed E-state index contributed by atoms with van der Waals surface area (Å²) in [6.07, 6.45) is 3.91. The summed E-state index contributed by atoms with van der Waals surface area (Å²) >= 11 is 1.68. The van der Waals surface area contributed by atoms with E-state index in [1.807, 2.05) is 37.2 Å². The second-order valence-electron chi connectivity index (χ2n) is 6.12. The number of nitrogens with one attached hydrogen (secondary N) is 1. The first-order valence-electron chi connectivity index (χ1n) is 6.88. The van der Waals surface area contributed by atoms with Crippen LogP contribution in [0, 0.1) is 5.41 Å². The summed E-state index contributed by atoms with van der Waals surface area (Å²) in [5.74, 6) is 0.269. The first-order chi connectivity index (χ1) is 8.97. The van der Waals surface area contributed by atoms with Crippen molar-refractivity contribution in [2.45, 2.75) is 46.2 Å². The highest BCUT2D eigenvalue weighted by molar-refractivity contribution is 7.09. The van der Waals surface area contributed by atoms with Gasteiger partial charge in [0.15, 0.2) is 0 Å². The fourth-order valence-electron chi connectivity index (χ4n) is 2.33. The van der Waals surface area contributed by atoms with Crippen LogP contribution < -0.4 is 5.32 Å². The van der Waals surface area contributed by atoms with Gasteiger partial charge in [-0.15, -0.1) is 11.3 Å². The number of thiazole rings is 1. The van der Waals surface area contributed by atoms with Gasteiger partial charge >= 0.3 is 0 Å². The monoisotopic (exact) mass is 281 g/mol. The maximum absolute atomic E-state index is 12.2. The third kappa shape index (κ3) is 4.01. The molecule has 1 aromatic rings. The number of amides is 1. The molecule has 0 unspecified atom stereocenters. The molecule has 1 aliphatic heterocycles. The van der Waals surface area contributed by atoms with Crippen LogP contribution in [0.3, 0.4) is 0 Å². The molecule has 1 saturated heterocycles. The molecule has 1 amide bonds. The van der Waals surface area contributed by atoms with Gasteiger partial charge in [-0.05, 0) is 12.8 Å². The third-order valence-electron chi connectivity index (χ3n) is 3.45. The van der Waals surface area contributed by atoms with E-state index in [4.69, 9.17) is 0 Å². The maximum atomic E-state index is 12.2. The van der Waals surface area contributed by atoms with Crippen LogP contribution >= 0.6 is 11.3 Å². The minimum atomic E-state index is -0.263. The van der Waals surface area contributed by atoms with Crippen molar-refractivity contribution < 1.29 is 4.79 Å². The van der Waals surface area contributed by atoms with Crippen molar-refractivity contribution in [2.75, 3.05) is 13.1 Å². The van der Waals surface area contributed by atoms with Crippen LogP contribution in [0.15, 0.2) is 11.6 Å². The first kappa shape index (κ1) is 14.5. The van der Waals surface area contributed by atoms with Gasteiger partial charge in [0.2, 0.25) is 5.91 Å². The minimum absolute atomic E-state index is 0.263. The fourth-order valence-corrected chi connectivity index (χ4v) is 2.90. The van der Waals surface area contributed by atoms with E-state index in [0.29, 0.717) is 6.04 Å². The predicted octanol–water partition coefficient (Wildman–Crippen LogP) is 2.27. The van der Waals surface area contributed by atoms with E-state index < -0.39 is 0 Å². The average Bonchev–Trinajstić information content (AvgIpc) is 2.88. The highest BCUT2D eigenvalue weighted by Gasteiger charge is 2.30. The number of aromatic nitrogens is 1. The van der Waals surface area contributed by atoms with Crippen LogP contribution in [0.4, 0.5) is 0 Å². The Morgan fingerprint density at radius 1 is 1.47 bits per heavy atom. The second kappa shape index (κ2) is 6.01. The largest absolute Gasteiger partial charge is 0.342 e. The number of nitrogens with zero attached hydrogens (tertiary/aromatic N) is 2. The van der Waals surface area contributed by atoms with Gasteiger partial charge in [0.05, 0.1) is 0 Å². The summed E-state index contributed by atoms with van der Waals surface area (Å²) in [4.78, 5) is 18.4. The molecule has 1 aliphatic rings. The number of hydrogen-bond donors (Lipinski definition) is 1. The van der Waals surface area contributed by atoms with Gasteiger partial charge in [0.25, 0.3) is 0 Å². The molecule has 4 nitrogen and oxygen atoms in total. The molecule has 5 heteroatoms. The lowest BCUT2D eigenvalue weighted by Crippen LogP contribution is -2.48.